The number of alkyl halides is 2. The molecule has 1 aliphatic carbocycles. The van der Waals surface area contributed by atoms with Crippen LogP contribution in [0.5, 0.6) is 5.75 Å². The van der Waals surface area contributed by atoms with Crippen LogP contribution in [0.3, 0.4) is 0 Å². The number of halogens is 3. The van der Waals surface area contributed by atoms with E-state index in [9.17, 15) is 33.1 Å². The minimum absolute atomic E-state index is 0.00620. The summed E-state index contributed by atoms with van der Waals surface area (Å²) in [7, 11) is 0. The largest absolute Gasteiger partial charge is 0.435 e. The topological polar surface area (TPSA) is 159 Å². The lowest BCUT2D eigenvalue weighted by Gasteiger charge is -2.29. The first-order valence-corrected chi connectivity index (χ1v) is 14.8. The van der Waals surface area contributed by atoms with Crippen LogP contribution in [0.4, 0.5) is 13.2 Å². The summed E-state index contributed by atoms with van der Waals surface area (Å²) < 4.78 is 55.0. The third kappa shape index (κ3) is 9.48. The highest BCUT2D eigenvalue weighted by molar-refractivity contribution is 5.98. The van der Waals surface area contributed by atoms with Crippen molar-refractivity contribution in [1.29, 1.82) is 0 Å². The maximum atomic E-state index is 15.0. The molecule has 4 rings (SSSR count). The first-order valence-electron chi connectivity index (χ1n) is 14.8. The Labute approximate surface area is 258 Å². The van der Waals surface area contributed by atoms with Crippen LogP contribution in [0.2, 0.25) is 0 Å². The zero-order valence-corrected chi connectivity index (χ0v) is 25.2. The molecule has 2 fully saturated rings. The SMILES string of the molecule is C[C@H](NC(=O)CN1CCOCC1)C(=O)N[C@H](C(=O)N[C@@H](CC1=CCCC1)C(=O)[C@@]1(C)CO1)[C@H](O)c1ccc(OC(F)F)cc1F. The van der Waals surface area contributed by atoms with E-state index in [4.69, 9.17) is 9.47 Å². The molecule has 0 saturated carbocycles. The molecule has 5 atom stereocenters. The number of hydrogen-bond acceptors (Lipinski definition) is 9. The van der Waals surface area contributed by atoms with Gasteiger partial charge in [0, 0.05) is 24.7 Å². The number of benzene rings is 1. The fourth-order valence-electron chi connectivity index (χ4n) is 5.26. The molecule has 4 N–H and O–H groups in total. The van der Waals surface area contributed by atoms with E-state index in [0.29, 0.717) is 32.4 Å². The number of nitrogens with one attached hydrogen (secondary N) is 3. The molecule has 0 radical (unpaired) electrons. The lowest BCUT2D eigenvalue weighted by atomic mass is 9.93. The summed E-state index contributed by atoms with van der Waals surface area (Å²) >= 11 is 0. The highest BCUT2D eigenvalue weighted by Crippen LogP contribution is 2.32. The smallest absolute Gasteiger partial charge is 0.387 e. The number of carbonyl (C=O) groups is 4. The molecular weight excluding hydrogens is 601 g/mol. The van der Waals surface area contributed by atoms with Gasteiger partial charge in [0.1, 0.15) is 35.4 Å². The highest BCUT2D eigenvalue weighted by atomic mass is 19.3. The molecule has 1 aromatic carbocycles. The monoisotopic (exact) mass is 640 g/mol. The van der Waals surface area contributed by atoms with Gasteiger partial charge in [-0.3, -0.25) is 24.1 Å². The number of amides is 3. The van der Waals surface area contributed by atoms with Crippen LogP contribution in [-0.2, 0) is 28.7 Å². The van der Waals surface area contributed by atoms with E-state index in [1.807, 2.05) is 11.0 Å². The van der Waals surface area contributed by atoms with Gasteiger partial charge in [0.2, 0.25) is 17.7 Å². The summed E-state index contributed by atoms with van der Waals surface area (Å²) in [5, 5.41) is 18.7. The summed E-state index contributed by atoms with van der Waals surface area (Å²) in [4.78, 5) is 54.6. The maximum Gasteiger partial charge on any atom is 0.387 e. The number of epoxide rings is 1. The van der Waals surface area contributed by atoms with E-state index >= 15 is 4.39 Å². The van der Waals surface area contributed by atoms with E-state index in [0.717, 1.165) is 37.0 Å². The summed E-state index contributed by atoms with van der Waals surface area (Å²) in [6.07, 6.45) is 2.60. The minimum atomic E-state index is -3.22. The van der Waals surface area contributed by atoms with Crippen molar-refractivity contribution in [3.8, 4) is 5.75 Å². The molecule has 15 heteroatoms. The number of carbonyl (C=O) groups excluding carboxylic acids is 4. The lowest BCUT2D eigenvalue weighted by molar-refractivity contribution is -0.136. The molecule has 3 aliphatic rings. The summed E-state index contributed by atoms with van der Waals surface area (Å²) in [6, 6.07) is -1.56. The molecule has 12 nitrogen and oxygen atoms in total. The van der Waals surface area contributed by atoms with Gasteiger partial charge in [-0.25, -0.2) is 4.39 Å². The molecule has 0 spiro atoms. The number of ketones is 1. The zero-order chi connectivity index (χ0) is 32.7. The fourth-order valence-corrected chi connectivity index (χ4v) is 5.26. The molecule has 0 aromatic heterocycles. The molecule has 248 valence electrons. The third-order valence-electron chi connectivity index (χ3n) is 7.99. The zero-order valence-electron chi connectivity index (χ0n) is 25.2. The van der Waals surface area contributed by atoms with E-state index in [1.54, 1.807) is 6.92 Å². The Morgan fingerprint density at radius 1 is 1.11 bits per heavy atom. The maximum absolute atomic E-state index is 15.0. The Balaban J connectivity index is 1.53. The van der Waals surface area contributed by atoms with Crippen molar-refractivity contribution in [2.45, 2.75) is 76.0 Å². The molecule has 0 bridgehead atoms. The molecule has 2 aliphatic heterocycles. The van der Waals surface area contributed by atoms with Crippen molar-refractivity contribution in [3.63, 3.8) is 0 Å². The summed E-state index contributed by atoms with van der Waals surface area (Å²) in [5.74, 6) is -4.44. The second-order valence-electron chi connectivity index (χ2n) is 11.6. The lowest BCUT2D eigenvalue weighted by Crippen LogP contribution is -2.58. The number of aliphatic hydroxyl groups is 1. The van der Waals surface area contributed by atoms with Crippen LogP contribution in [0.1, 0.15) is 51.2 Å². The van der Waals surface area contributed by atoms with Crippen LogP contribution in [0.15, 0.2) is 29.8 Å². The standard InChI is InChI=1S/C30H39F3N4O8/c1-17(34-23(38)15-37-9-11-43-12-10-37)27(41)36-24(25(39)20-8-7-19(14-21(20)31)45-29(32)33)28(42)35-22(13-18-5-3-4-6-18)26(40)30(2)16-44-30/h5,7-8,14,17,22,24-25,29,39H,3-4,6,9-13,15-16H2,1-2H3,(H,34,38)(H,35,42)(H,36,41)/t17-,22-,24-,25+,30+/m0/s1. The van der Waals surface area contributed by atoms with Crippen molar-refractivity contribution in [2.24, 2.45) is 0 Å². The highest BCUT2D eigenvalue weighted by Gasteiger charge is 2.50. The number of nitrogens with zero attached hydrogens (tertiary/aromatic N) is 1. The Bertz CT molecular complexity index is 1290. The van der Waals surface area contributed by atoms with Gasteiger partial charge in [-0.05, 0) is 51.7 Å². The molecule has 1 aromatic rings. The fraction of sp³-hybridized carbons (Fsp3) is 0.600. The van der Waals surface area contributed by atoms with Crippen LogP contribution in [-0.4, -0.2) is 103 Å². The van der Waals surface area contributed by atoms with E-state index in [-0.39, 0.29) is 19.6 Å². The first-order chi connectivity index (χ1) is 21.4. The number of morpholine rings is 1. The van der Waals surface area contributed by atoms with E-state index in [2.05, 4.69) is 20.7 Å². The van der Waals surface area contributed by atoms with Gasteiger partial charge < -0.3 is 35.3 Å². The minimum Gasteiger partial charge on any atom is -0.435 e. The Morgan fingerprint density at radius 2 is 1.82 bits per heavy atom. The Kier molecular flexibility index (Phi) is 11.6. The first kappa shape index (κ1) is 34.3. The quantitative estimate of drug-likeness (QED) is 0.163. The van der Waals surface area contributed by atoms with Crippen molar-refractivity contribution in [2.75, 3.05) is 39.5 Å². The number of rotatable bonds is 15. The summed E-state index contributed by atoms with van der Waals surface area (Å²) in [5.41, 5.74) is -0.642. The number of aliphatic hydroxyl groups excluding tert-OH is 1. The van der Waals surface area contributed by atoms with Crippen LogP contribution in [0.25, 0.3) is 0 Å². The van der Waals surface area contributed by atoms with Gasteiger partial charge in [0.15, 0.2) is 5.78 Å². The van der Waals surface area contributed by atoms with Crippen molar-refractivity contribution in [1.82, 2.24) is 20.9 Å². The van der Waals surface area contributed by atoms with Crippen LogP contribution < -0.4 is 20.7 Å². The van der Waals surface area contributed by atoms with Gasteiger partial charge >= 0.3 is 6.61 Å². The molecule has 2 heterocycles. The van der Waals surface area contributed by atoms with E-state index in [1.165, 1.54) is 6.92 Å². The van der Waals surface area contributed by atoms with Crippen molar-refractivity contribution in [3.05, 3.63) is 41.2 Å². The Morgan fingerprint density at radius 3 is 2.42 bits per heavy atom. The number of hydrogen-bond donors (Lipinski definition) is 4. The number of allylic oxidation sites excluding steroid dienone is 1. The van der Waals surface area contributed by atoms with Gasteiger partial charge in [0.05, 0.1) is 32.4 Å². The molecule has 45 heavy (non-hydrogen) atoms. The van der Waals surface area contributed by atoms with Gasteiger partial charge in [0.25, 0.3) is 0 Å². The summed E-state index contributed by atoms with van der Waals surface area (Å²) in [6.45, 7) is 1.92. The third-order valence-corrected chi connectivity index (χ3v) is 7.99. The van der Waals surface area contributed by atoms with E-state index < -0.39 is 77.1 Å². The molecule has 3 amide bonds. The Hall–Kier alpha value is -3.53. The van der Waals surface area contributed by atoms with Gasteiger partial charge in [-0.2, -0.15) is 8.78 Å². The second kappa shape index (κ2) is 15.2. The number of Topliss-reactive ketones (excluding diaryl/α,β-unsaturated/α-hetero) is 1. The number of ether oxygens (including phenoxy) is 3. The second-order valence-corrected chi connectivity index (χ2v) is 11.6. The van der Waals surface area contributed by atoms with Crippen LogP contribution in [0, 0.1) is 5.82 Å². The van der Waals surface area contributed by atoms with Crippen LogP contribution >= 0.6 is 0 Å². The normalized spacial score (nSPS) is 22.5. The van der Waals surface area contributed by atoms with Crippen molar-refractivity contribution < 1.29 is 51.7 Å². The average molecular weight is 641 g/mol. The van der Waals surface area contributed by atoms with Gasteiger partial charge in [-0.1, -0.05) is 11.6 Å². The molecule has 2 saturated heterocycles. The van der Waals surface area contributed by atoms with Gasteiger partial charge in [-0.15, -0.1) is 0 Å². The molecular formula is C30H39F3N4O8. The molecule has 0 unspecified atom stereocenters. The predicted octanol–water partition coefficient (Wildman–Crippen LogP) is 1.13. The predicted molar refractivity (Wildman–Crippen MR) is 153 cm³/mol. The average Bonchev–Trinajstić information content (AvgIpc) is 3.53. The van der Waals surface area contributed by atoms with Crippen molar-refractivity contribution >= 4 is 23.5 Å².